The fourth-order valence-corrected chi connectivity index (χ4v) is 3.22. The Labute approximate surface area is 100 Å². The van der Waals surface area contributed by atoms with Gasteiger partial charge in [0.05, 0.1) is 6.20 Å². The zero-order valence-corrected chi connectivity index (χ0v) is 10.9. The third-order valence-corrected chi connectivity index (χ3v) is 4.58. The molecule has 1 aromatic rings. The van der Waals surface area contributed by atoms with Crippen molar-refractivity contribution in [2.75, 3.05) is 0 Å². The Kier molecular flexibility index (Phi) is 3.84. The van der Waals surface area contributed by atoms with Gasteiger partial charge in [0, 0.05) is 18.1 Å². The molecule has 15 heavy (non-hydrogen) atoms. The van der Waals surface area contributed by atoms with Gasteiger partial charge in [0.15, 0.2) is 0 Å². The van der Waals surface area contributed by atoms with Gasteiger partial charge in [-0.2, -0.15) is 5.10 Å². The van der Waals surface area contributed by atoms with E-state index in [1.807, 2.05) is 17.9 Å². The lowest BCUT2D eigenvalue weighted by Crippen LogP contribution is -2.11. The highest BCUT2D eigenvalue weighted by Crippen LogP contribution is 2.33. The van der Waals surface area contributed by atoms with Crippen LogP contribution in [0.25, 0.3) is 0 Å². The Morgan fingerprint density at radius 2 is 2.27 bits per heavy atom. The fourth-order valence-electron chi connectivity index (χ4n) is 2.46. The Morgan fingerprint density at radius 1 is 1.53 bits per heavy atom. The van der Waals surface area contributed by atoms with E-state index in [-0.39, 0.29) is 0 Å². The first kappa shape index (κ1) is 11.2. The van der Waals surface area contributed by atoms with Crippen molar-refractivity contribution in [1.82, 2.24) is 9.78 Å². The molecular formula is C12H19BrN2. The number of alkyl halides is 1. The van der Waals surface area contributed by atoms with Crippen molar-refractivity contribution in [2.45, 2.75) is 43.4 Å². The van der Waals surface area contributed by atoms with Crippen LogP contribution in [0.15, 0.2) is 12.4 Å². The molecule has 0 aliphatic heterocycles. The van der Waals surface area contributed by atoms with Gasteiger partial charge in [-0.1, -0.05) is 28.8 Å². The summed E-state index contributed by atoms with van der Waals surface area (Å²) in [6.45, 7) is 0. The zero-order chi connectivity index (χ0) is 10.7. The predicted molar refractivity (Wildman–Crippen MR) is 66.2 cm³/mol. The molecule has 1 heterocycles. The molecule has 1 unspecified atom stereocenters. The molecule has 0 N–H and O–H groups in total. The van der Waals surface area contributed by atoms with Crippen molar-refractivity contribution >= 4 is 15.9 Å². The third-order valence-electron chi connectivity index (χ3n) is 3.38. The standard InChI is InChI=1S/C12H19BrN2/c1-15-9-10(8-14-15)6-7-12(13)11-4-2-3-5-11/h8-9,11-12H,2-7H2,1H3. The van der Waals surface area contributed by atoms with Gasteiger partial charge in [0.1, 0.15) is 0 Å². The fraction of sp³-hybridized carbons (Fsp3) is 0.750. The Balaban J connectivity index is 1.77. The van der Waals surface area contributed by atoms with Crippen LogP contribution in [0.5, 0.6) is 0 Å². The molecule has 0 bridgehead atoms. The monoisotopic (exact) mass is 270 g/mol. The van der Waals surface area contributed by atoms with Crippen molar-refractivity contribution in [1.29, 1.82) is 0 Å². The number of aromatic nitrogens is 2. The van der Waals surface area contributed by atoms with Gasteiger partial charge in [-0.05, 0) is 37.2 Å². The number of nitrogens with zero attached hydrogens (tertiary/aromatic N) is 2. The summed E-state index contributed by atoms with van der Waals surface area (Å²) in [6.07, 6.45) is 12.2. The molecule has 1 aliphatic carbocycles. The molecule has 1 aliphatic rings. The molecule has 1 aromatic heterocycles. The van der Waals surface area contributed by atoms with E-state index in [0.29, 0.717) is 4.83 Å². The minimum Gasteiger partial charge on any atom is -0.276 e. The van der Waals surface area contributed by atoms with Crippen LogP contribution in [0.4, 0.5) is 0 Å². The molecule has 0 spiro atoms. The molecule has 2 nitrogen and oxygen atoms in total. The van der Waals surface area contributed by atoms with Crippen LogP contribution in [-0.2, 0) is 13.5 Å². The van der Waals surface area contributed by atoms with Gasteiger partial charge in [0.25, 0.3) is 0 Å². The molecule has 0 radical (unpaired) electrons. The quantitative estimate of drug-likeness (QED) is 0.768. The second-order valence-electron chi connectivity index (χ2n) is 4.62. The van der Waals surface area contributed by atoms with E-state index in [1.54, 1.807) is 0 Å². The number of hydrogen-bond donors (Lipinski definition) is 0. The number of hydrogen-bond acceptors (Lipinski definition) is 1. The lowest BCUT2D eigenvalue weighted by Gasteiger charge is -2.16. The van der Waals surface area contributed by atoms with Crippen LogP contribution < -0.4 is 0 Å². The largest absolute Gasteiger partial charge is 0.276 e. The number of halogens is 1. The Morgan fingerprint density at radius 3 is 2.87 bits per heavy atom. The van der Waals surface area contributed by atoms with Gasteiger partial charge in [-0.15, -0.1) is 0 Å². The number of rotatable bonds is 4. The van der Waals surface area contributed by atoms with Gasteiger partial charge < -0.3 is 0 Å². The lowest BCUT2D eigenvalue weighted by molar-refractivity contribution is 0.506. The molecule has 0 aromatic carbocycles. The van der Waals surface area contributed by atoms with Crippen LogP contribution in [-0.4, -0.2) is 14.6 Å². The molecule has 1 fully saturated rings. The summed E-state index contributed by atoms with van der Waals surface area (Å²) >= 11 is 3.84. The van der Waals surface area contributed by atoms with E-state index in [9.17, 15) is 0 Å². The summed E-state index contributed by atoms with van der Waals surface area (Å²) in [5.74, 6) is 0.918. The maximum Gasteiger partial charge on any atom is 0.0521 e. The topological polar surface area (TPSA) is 17.8 Å². The second kappa shape index (κ2) is 5.15. The van der Waals surface area contributed by atoms with Gasteiger partial charge in [-0.25, -0.2) is 0 Å². The minimum atomic E-state index is 0.709. The van der Waals surface area contributed by atoms with Crippen molar-refractivity contribution in [3.63, 3.8) is 0 Å². The van der Waals surface area contributed by atoms with Crippen LogP contribution in [0, 0.1) is 5.92 Å². The van der Waals surface area contributed by atoms with Gasteiger partial charge >= 0.3 is 0 Å². The summed E-state index contributed by atoms with van der Waals surface area (Å²) < 4.78 is 1.88. The van der Waals surface area contributed by atoms with E-state index in [4.69, 9.17) is 0 Å². The molecule has 84 valence electrons. The Bertz CT molecular complexity index is 302. The summed E-state index contributed by atoms with van der Waals surface area (Å²) in [6, 6.07) is 0. The van der Waals surface area contributed by atoms with E-state index < -0.39 is 0 Å². The van der Waals surface area contributed by atoms with Crippen molar-refractivity contribution in [2.24, 2.45) is 13.0 Å². The lowest BCUT2D eigenvalue weighted by atomic mass is 9.99. The summed E-state index contributed by atoms with van der Waals surface area (Å²) in [5.41, 5.74) is 1.36. The molecular weight excluding hydrogens is 252 g/mol. The third kappa shape index (κ3) is 3.07. The van der Waals surface area contributed by atoms with E-state index >= 15 is 0 Å². The maximum absolute atomic E-state index is 4.19. The first-order chi connectivity index (χ1) is 7.25. The van der Waals surface area contributed by atoms with E-state index in [2.05, 4.69) is 27.2 Å². The molecule has 0 amide bonds. The van der Waals surface area contributed by atoms with Crippen molar-refractivity contribution in [3.8, 4) is 0 Å². The van der Waals surface area contributed by atoms with E-state index in [0.717, 1.165) is 12.3 Å². The van der Waals surface area contributed by atoms with Gasteiger partial charge in [-0.3, -0.25) is 4.68 Å². The minimum absolute atomic E-state index is 0.709. The summed E-state index contributed by atoms with van der Waals surface area (Å²) in [5, 5.41) is 4.19. The van der Waals surface area contributed by atoms with Crippen LogP contribution in [0.2, 0.25) is 0 Å². The highest BCUT2D eigenvalue weighted by Gasteiger charge is 2.22. The zero-order valence-electron chi connectivity index (χ0n) is 9.32. The average Bonchev–Trinajstić information content (AvgIpc) is 2.84. The molecule has 1 saturated carbocycles. The number of aryl methyl sites for hydroxylation is 2. The smallest absolute Gasteiger partial charge is 0.0521 e. The Hall–Kier alpha value is -0.310. The summed E-state index contributed by atoms with van der Waals surface area (Å²) in [4.78, 5) is 0.709. The van der Waals surface area contributed by atoms with Crippen LogP contribution in [0.1, 0.15) is 37.7 Å². The van der Waals surface area contributed by atoms with Crippen molar-refractivity contribution < 1.29 is 0 Å². The highest BCUT2D eigenvalue weighted by molar-refractivity contribution is 9.09. The highest BCUT2D eigenvalue weighted by atomic mass is 79.9. The molecule has 2 rings (SSSR count). The molecule has 0 saturated heterocycles. The van der Waals surface area contributed by atoms with Crippen LogP contribution in [0.3, 0.4) is 0 Å². The van der Waals surface area contributed by atoms with Crippen LogP contribution >= 0.6 is 15.9 Å². The predicted octanol–water partition coefficient (Wildman–Crippen LogP) is 3.31. The van der Waals surface area contributed by atoms with Gasteiger partial charge in [0.2, 0.25) is 0 Å². The average molecular weight is 271 g/mol. The first-order valence-corrected chi connectivity index (χ1v) is 6.79. The molecule has 3 heteroatoms. The second-order valence-corrected chi connectivity index (χ2v) is 5.80. The first-order valence-electron chi connectivity index (χ1n) is 5.87. The summed E-state index contributed by atoms with van der Waals surface area (Å²) in [7, 11) is 1.98. The van der Waals surface area contributed by atoms with E-state index in [1.165, 1.54) is 37.7 Å². The molecule has 1 atom stereocenters. The van der Waals surface area contributed by atoms with Crippen molar-refractivity contribution in [3.05, 3.63) is 18.0 Å². The SMILES string of the molecule is Cn1cc(CCC(Br)C2CCCC2)cn1. The maximum atomic E-state index is 4.19. The normalized spacial score (nSPS) is 19.6.